The molecular weight excluding hydrogens is 378 g/mol. The van der Waals surface area contributed by atoms with E-state index in [1.54, 1.807) is 0 Å². The van der Waals surface area contributed by atoms with Gasteiger partial charge in [0.05, 0.1) is 0 Å². The van der Waals surface area contributed by atoms with E-state index in [9.17, 15) is 5.11 Å². The van der Waals surface area contributed by atoms with Crippen LogP contribution in [0.2, 0.25) is 0 Å². The lowest BCUT2D eigenvalue weighted by atomic mass is 9.78. The van der Waals surface area contributed by atoms with E-state index in [1.165, 1.54) is 11.1 Å². The maximum atomic E-state index is 12.1. The van der Waals surface area contributed by atoms with Gasteiger partial charge in [-0.15, -0.1) is 0 Å². The molecule has 0 amide bonds. The summed E-state index contributed by atoms with van der Waals surface area (Å²) in [5, 5.41) is 15.7. The molecule has 5 rings (SSSR count). The SMILES string of the molecule is OC(c1ccc(-c2ccccc2)cc1)(c1ccc(-c2ccccc2)cc1)C1CCCN1. The summed E-state index contributed by atoms with van der Waals surface area (Å²) in [5.41, 5.74) is 5.47. The molecule has 2 nitrogen and oxygen atoms in total. The molecule has 1 aliphatic rings. The normalized spacial score (nSPS) is 16.4. The molecule has 0 bridgehead atoms. The molecule has 2 N–H and O–H groups in total. The van der Waals surface area contributed by atoms with Crippen LogP contribution in [0.25, 0.3) is 22.3 Å². The van der Waals surface area contributed by atoms with Crippen LogP contribution in [0.15, 0.2) is 109 Å². The Hall–Kier alpha value is -3.20. The molecular formula is C29H27NO. The van der Waals surface area contributed by atoms with Crippen LogP contribution in [-0.4, -0.2) is 17.7 Å². The maximum Gasteiger partial charge on any atom is 0.130 e. The van der Waals surface area contributed by atoms with Gasteiger partial charge >= 0.3 is 0 Å². The topological polar surface area (TPSA) is 32.3 Å². The maximum absolute atomic E-state index is 12.1. The van der Waals surface area contributed by atoms with Crippen LogP contribution in [0.4, 0.5) is 0 Å². The average molecular weight is 406 g/mol. The second-order valence-corrected chi connectivity index (χ2v) is 8.30. The van der Waals surface area contributed by atoms with E-state index in [-0.39, 0.29) is 6.04 Å². The largest absolute Gasteiger partial charge is 0.379 e. The minimum Gasteiger partial charge on any atom is -0.379 e. The van der Waals surface area contributed by atoms with Crippen LogP contribution in [-0.2, 0) is 5.60 Å². The molecule has 0 aliphatic carbocycles. The van der Waals surface area contributed by atoms with E-state index >= 15 is 0 Å². The van der Waals surface area contributed by atoms with Crippen molar-refractivity contribution < 1.29 is 5.11 Å². The minimum absolute atomic E-state index is 0.00218. The fourth-order valence-electron chi connectivity index (χ4n) is 4.70. The summed E-state index contributed by atoms with van der Waals surface area (Å²) < 4.78 is 0. The monoisotopic (exact) mass is 405 g/mol. The molecule has 0 spiro atoms. The van der Waals surface area contributed by atoms with E-state index in [1.807, 2.05) is 12.1 Å². The number of rotatable bonds is 5. The first kappa shape index (κ1) is 19.7. The van der Waals surface area contributed by atoms with Gasteiger partial charge in [0.15, 0.2) is 0 Å². The third-order valence-electron chi connectivity index (χ3n) is 6.43. The molecule has 0 radical (unpaired) electrons. The lowest BCUT2D eigenvalue weighted by molar-refractivity contribution is 0.0443. The van der Waals surface area contributed by atoms with Gasteiger partial charge in [-0.1, -0.05) is 109 Å². The number of nitrogens with one attached hydrogen (secondary N) is 1. The van der Waals surface area contributed by atoms with Gasteiger partial charge in [-0.05, 0) is 52.8 Å². The van der Waals surface area contributed by atoms with Gasteiger partial charge in [-0.2, -0.15) is 0 Å². The van der Waals surface area contributed by atoms with Crippen LogP contribution in [0.1, 0.15) is 24.0 Å². The Kier molecular flexibility index (Phi) is 5.42. The predicted octanol–water partition coefficient (Wildman–Crippen LogP) is 6.01. The van der Waals surface area contributed by atoms with Crippen LogP contribution in [0, 0.1) is 0 Å². The molecule has 0 saturated carbocycles. The molecule has 1 heterocycles. The molecule has 154 valence electrons. The highest BCUT2D eigenvalue weighted by atomic mass is 16.3. The van der Waals surface area contributed by atoms with E-state index in [0.717, 1.165) is 41.6 Å². The van der Waals surface area contributed by atoms with E-state index in [0.29, 0.717) is 0 Å². The van der Waals surface area contributed by atoms with Crippen molar-refractivity contribution in [3.05, 3.63) is 120 Å². The summed E-state index contributed by atoms with van der Waals surface area (Å²) in [6, 6.07) is 37.5. The van der Waals surface area contributed by atoms with Gasteiger partial charge in [0, 0.05) is 6.04 Å². The zero-order valence-corrected chi connectivity index (χ0v) is 17.5. The highest BCUT2D eigenvalue weighted by Crippen LogP contribution is 2.38. The van der Waals surface area contributed by atoms with Gasteiger partial charge in [0.25, 0.3) is 0 Å². The number of hydrogen-bond donors (Lipinski definition) is 2. The second-order valence-electron chi connectivity index (χ2n) is 8.30. The van der Waals surface area contributed by atoms with Crippen LogP contribution in [0.3, 0.4) is 0 Å². The van der Waals surface area contributed by atoms with Gasteiger partial charge in [-0.25, -0.2) is 0 Å². The molecule has 4 aromatic carbocycles. The molecule has 2 heteroatoms. The summed E-state index contributed by atoms with van der Waals surface area (Å²) in [5.74, 6) is 0. The molecule has 1 aliphatic heterocycles. The van der Waals surface area contributed by atoms with Crippen molar-refractivity contribution in [3.63, 3.8) is 0 Å². The molecule has 1 unspecified atom stereocenters. The second kappa shape index (κ2) is 8.50. The van der Waals surface area contributed by atoms with E-state index in [4.69, 9.17) is 0 Å². The zero-order valence-electron chi connectivity index (χ0n) is 17.5. The van der Waals surface area contributed by atoms with Crippen molar-refractivity contribution in [2.24, 2.45) is 0 Å². The molecule has 1 saturated heterocycles. The van der Waals surface area contributed by atoms with Crippen LogP contribution in [0.5, 0.6) is 0 Å². The van der Waals surface area contributed by atoms with Gasteiger partial charge in [0.2, 0.25) is 0 Å². The van der Waals surface area contributed by atoms with Gasteiger partial charge < -0.3 is 10.4 Å². The Morgan fingerprint density at radius 1 is 0.581 bits per heavy atom. The van der Waals surface area contributed by atoms with Crippen molar-refractivity contribution in [3.8, 4) is 22.3 Å². The zero-order chi connectivity index (χ0) is 21.1. The number of benzene rings is 4. The highest BCUT2D eigenvalue weighted by Gasteiger charge is 2.41. The molecule has 1 atom stereocenters. The van der Waals surface area contributed by atoms with Gasteiger partial charge in [0.1, 0.15) is 5.60 Å². The van der Waals surface area contributed by atoms with Crippen molar-refractivity contribution >= 4 is 0 Å². The predicted molar refractivity (Wildman–Crippen MR) is 128 cm³/mol. The van der Waals surface area contributed by atoms with E-state index in [2.05, 4.69) is 102 Å². The fourth-order valence-corrected chi connectivity index (χ4v) is 4.70. The summed E-state index contributed by atoms with van der Waals surface area (Å²) in [7, 11) is 0. The van der Waals surface area contributed by atoms with Crippen molar-refractivity contribution in [2.75, 3.05) is 6.54 Å². The van der Waals surface area contributed by atoms with Gasteiger partial charge in [-0.3, -0.25) is 0 Å². The Labute approximate surface area is 184 Å². The summed E-state index contributed by atoms with van der Waals surface area (Å²) in [6.45, 7) is 0.942. The summed E-state index contributed by atoms with van der Waals surface area (Å²) in [6.07, 6.45) is 2.04. The summed E-state index contributed by atoms with van der Waals surface area (Å²) in [4.78, 5) is 0. The Balaban J connectivity index is 1.52. The van der Waals surface area contributed by atoms with Crippen molar-refractivity contribution in [1.29, 1.82) is 0 Å². The quantitative estimate of drug-likeness (QED) is 0.426. The average Bonchev–Trinajstić information content (AvgIpc) is 3.41. The van der Waals surface area contributed by atoms with Crippen LogP contribution < -0.4 is 5.32 Å². The standard InChI is InChI=1S/C29H27NO/c31-29(28-12-7-21-30-28,26-17-13-24(14-18-26)22-8-3-1-4-9-22)27-19-15-25(16-20-27)23-10-5-2-6-11-23/h1-6,8-11,13-20,28,30-31H,7,12,21H2. The first-order valence-corrected chi connectivity index (χ1v) is 11.0. The Bertz CT molecular complexity index is 1030. The van der Waals surface area contributed by atoms with E-state index < -0.39 is 5.60 Å². The highest BCUT2D eigenvalue weighted by molar-refractivity contribution is 5.65. The van der Waals surface area contributed by atoms with Crippen LogP contribution >= 0.6 is 0 Å². The minimum atomic E-state index is -1.07. The third kappa shape index (κ3) is 3.81. The summed E-state index contributed by atoms with van der Waals surface area (Å²) >= 11 is 0. The molecule has 1 fully saturated rings. The van der Waals surface area contributed by atoms with Crippen molar-refractivity contribution in [1.82, 2.24) is 5.32 Å². The van der Waals surface area contributed by atoms with Crippen molar-refractivity contribution in [2.45, 2.75) is 24.5 Å². The number of hydrogen-bond acceptors (Lipinski definition) is 2. The first-order chi connectivity index (χ1) is 15.2. The Morgan fingerprint density at radius 3 is 1.39 bits per heavy atom. The number of aliphatic hydroxyl groups is 1. The lowest BCUT2D eigenvalue weighted by Crippen LogP contribution is -2.46. The molecule has 4 aromatic rings. The Morgan fingerprint density at radius 2 is 1.00 bits per heavy atom. The molecule has 0 aromatic heterocycles. The third-order valence-corrected chi connectivity index (χ3v) is 6.43. The molecule has 31 heavy (non-hydrogen) atoms. The smallest absolute Gasteiger partial charge is 0.130 e. The fraction of sp³-hybridized carbons (Fsp3) is 0.172. The first-order valence-electron chi connectivity index (χ1n) is 11.0. The lowest BCUT2D eigenvalue weighted by Gasteiger charge is -2.35.